The van der Waals surface area contributed by atoms with E-state index in [1.165, 1.54) is 7.11 Å². The minimum atomic E-state index is -3.64. The fourth-order valence-electron chi connectivity index (χ4n) is 3.83. The number of sulfone groups is 1. The van der Waals surface area contributed by atoms with E-state index in [0.29, 0.717) is 34.8 Å². The van der Waals surface area contributed by atoms with E-state index >= 15 is 0 Å². The Balaban J connectivity index is 1.70. The van der Waals surface area contributed by atoms with E-state index < -0.39 is 21.0 Å². The molecule has 0 radical (unpaired) electrons. The number of aryl methyl sites for hydroxylation is 1. The lowest BCUT2D eigenvalue weighted by atomic mass is 10.1. The number of hydrogen-bond donors (Lipinski definition) is 0. The molecule has 0 spiro atoms. The molecule has 1 aliphatic heterocycles. The van der Waals surface area contributed by atoms with Gasteiger partial charge in [0, 0.05) is 31.5 Å². The Bertz CT molecular complexity index is 1260. The zero-order chi connectivity index (χ0) is 24.5. The number of ether oxygens (including phenoxy) is 3. The molecule has 0 N–H and O–H groups in total. The van der Waals surface area contributed by atoms with Crippen molar-refractivity contribution in [1.82, 2.24) is 29.7 Å². The summed E-state index contributed by atoms with van der Waals surface area (Å²) in [5.74, 6) is 1.37. The van der Waals surface area contributed by atoms with Gasteiger partial charge in [-0.1, -0.05) is 6.92 Å². The highest BCUT2D eigenvalue weighted by Gasteiger charge is 2.34. The Morgan fingerprint density at radius 3 is 2.59 bits per heavy atom. The molecule has 0 unspecified atom stereocenters. The van der Waals surface area contributed by atoms with Gasteiger partial charge < -0.3 is 14.2 Å². The summed E-state index contributed by atoms with van der Waals surface area (Å²) in [7, 11) is -0.553. The fraction of sp³-hybridized carbons (Fsp3) is 0.500. The van der Waals surface area contributed by atoms with Gasteiger partial charge in [-0.15, -0.1) is 10.2 Å². The van der Waals surface area contributed by atoms with Crippen LogP contribution < -0.4 is 9.47 Å². The van der Waals surface area contributed by atoms with Gasteiger partial charge in [0.1, 0.15) is 29.8 Å². The highest BCUT2D eigenvalue weighted by Crippen LogP contribution is 2.35. The molecule has 0 aliphatic carbocycles. The zero-order valence-corrected chi connectivity index (χ0v) is 20.6. The Morgan fingerprint density at radius 2 is 1.91 bits per heavy atom. The third kappa shape index (κ3) is 4.60. The predicted molar refractivity (Wildman–Crippen MR) is 123 cm³/mol. The Kier molecular flexibility index (Phi) is 6.80. The number of hydrogen-bond acceptors (Lipinski definition) is 10. The molecule has 34 heavy (non-hydrogen) atoms. The van der Waals surface area contributed by atoms with Gasteiger partial charge in [0.25, 0.3) is 0 Å². The lowest BCUT2D eigenvalue weighted by molar-refractivity contribution is 0.124. The molecule has 0 saturated heterocycles. The van der Waals surface area contributed by atoms with Crippen molar-refractivity contribution in [2.75, 3.05) is 27.4 Å². The monoisotopic (exact) mass is 488 g/mol. The van der Waals surface area contributed by atoms with Crippen LogP contribution in [0.3, 0.4) is 0 Å². The second-order valence-electron chi connectivity index (χ2n) is 8.35. The topological polar surface area (TPSA) is 131 Å². The molecule has 1 aliphatic rings. The molecule has 0 saturated carbocycles. The number of methoxy groups -OCH3 is 2. The predicted octanol–water partition coefficient (Wildman–Crippen LogP) is 2.13. The maximum Gasteiger partial charge on any atom is 0.213 e. The molecule has 182 valence electrons. The summed E-state index contributed by atoms with van der Waals surface area (Å²) >= 11 is 0. The molecule has 0 amide bonds. The molecule has 3 atom stereocenters. The van der Waals surface area contributed by atoms with E-state index in [9.17, 15) is 8.42 Å². The Morgan fingerprint density at radius 1 is 1.18 bits per heavy atom. The second-order valence-corrected chi connectivity index (χ2v) is 10.7. The molecular weight excluding hydrogens is 460 g/mol. The highest BCUT2D eigenvalue weighted by atomic mass is 32.2. The lowest BCUT2D eigenvalue weighted by Crippen LogP contribution is -2.29. The number of nitrogens with zero attached hydrogens (tertiary/aromatic N) is 6. The summed E-state index contributed by atoms with van der Waals surface area (Å²) in [6.45, 7) is 5.89. The smallest absolute Gasteiger partial charge is 0.213 e. The third-order valence-electron chi connectivity index (χ3n) is 5.98. The molecule has 3 aromatic rings. The van der Waals surface area contributed by atoms with Crippen molar-refractivity contribution in [1.29, 1.82) is 0 Å². The number of fused-ring (bicyclic) bond motifs is 3. The first-order valence-corrected chi connectivity index (χ1v) is 12.6. The molecule has 0 fully saturated rings. The summed E-state index contributed by atoms with van der Waals surface area (Å²) in [5, 5.41) is 7.80. The summed E-state index contributed by atoms with van der Waals surface area (Å²) in [6.07, 6.45) is 3.37. The van der Waals surface area contributed by atoms with Gasteiger partial charge in [0.15, 0.2) is 21.4 Å². The largest absolute Gasteiger partial charge is 0.489 e. The van der Waals surface area contributed by atoms with Gasteiger partial charge in [-0.2, -0.15) is 0 Å². The summed E-state index contributed by atoms with van der Waals surface area (Å²) < 4.78 is 45.2. The van der Waals surface area contributed by atoms with Crippen molar-refractivity contribution in [3.05, 3.63) is 41.7 Å². The number of rotatable bonds is 8. The third-order valence-corrected chi connectivity index (χ3v) is 8.19. The van der Waals surface area contributed by atoms with Crippen LogP contribution in [0.4, 0.5) is 0 Å². The average molecular weight is 489 g/mol. The standard InChI is InChI=1S/C22H28N6O5S/c1-13-8-23-21(24-9-13)14(2)15(3)34(29,30)12-18-26-27-22-20-17(6-7-19(25-20)32-5)33-11-16(10-31-4)28(18)22/h6-9,14-16H,10-12H2,1-5H3/t14-,15-,16-/m0/s1. The van der Waals surface area contributed by atoms with Crippen LogP contribution >= 0.6 is 0 Å². The quantitative estimate of drug-likeness (QED) is 0.464. The SMILES string of the molecule is COC[C@H]1COc2ccc(OC)nc2-c2nnc(CS(=O)(=O)[C@@H](C)[C@H](C)c3ncc(C)cn3)n21. The van der Waals surface area contributed by atoms with Crippen LogP contribution in [0.2, 0.25) is 0 Å². The van der Waals surface area contributed by atoms with E-state index in [-0.39, 0.29) is 25.0 Å². The van der Waals surface area contributed by atoms with E-state index in [4.69, 9.17) is 14.2 Å². The first-order chi connectivity index (χ1) is 16.2. The lowest BCUT2D eigenvalue weighted by Gasteiger charge is -2.21. The summed E-state index contributed by atoms with van der Waals surface area (Å²) in [6, 6.07) is 3.10. The zero-order valence-electron chi connectivity index (χ0n) is 19.8. The maximum absolute atomic E-state index is 13.4. The molecule has 3 aromatic heterocycles. The van der Waals surface area contributed by atoms with Crippen molar-refractivity contribution in [3.8, 4) is 23.1 Å². The molecule has 0 bridgehead atoms. The van der Waals surface area contributed by atoms with Crippen molar-refractivity contribution >= 4 is 9.84 Å². The van der Waals surface area contributed by atoms with Crippen LogP contribution in [0.25, 0.3) is 11.5 Å². The minimum absolute atomic E-state index is 0.246. The Hall–Kier alpha value is -3.12. The first-order valence-electron chi connectivity index (χ1n) is 10.9. The van der Waals surface area contributed by atoms with E-state index in [1.807, 2.05) is 13.8 Å². The van der Waals surface area contributed by atoms with Crippen LogP contribution in [0.5, 0.6) is 11.6 Å². The fourth-order valence-corrected chi connectivity index (χ4v) is 5.39. The van der Waals surface area contributed by atoms with Crippen molar-refractivity contribution in [2.24, 2.45) is 0 Å². The first kappa shape index (κ1) is 24.0. The van der Waals surface area contributed by atoms with Gasteiger partial charge in [-0.25, -0.2) is 23.4 Å². The number of pyridine rings is 1. The normalized spacial score (nSPS) is 17.1. The average Bonchev–Trinajstić information content (AvgIpc) is 3.16. The van der Waals surface area contributed by atoms with Crippen LogP contribution in [-0.2, 0) is 20.3 Å². The van der Waals surface area contributed by atoms with E-state index in [0.717, 1.165) is 5.56 Å². The maximum atomic E-state index is 13.4. The molecular formula is C22H28N6O5S. The van der Waals surface area contributed by atoms with Gasteiger partial charge >= 0.3 is 0 Å². The van der Waals surface area contributed by atoms with Gasteiger partial charge in [-0.05, 0) is 25.5 Å². The van der Waals surface area contributed by atoms with Crippen LogP contribution in [0.1, 0.15) is 43.0 Å². The van der Waals surface area contributed by atoms with E-state index in [1.54, 1.807) is 43.1 Å². The van der Waals surface area contributed by atoms with Crippen molar-refractivity contribution in [2.45, 2.75) is 43.7 Å². The minimum Gasteiger partial charge on any atom is -0.489 e. The van der Waals surface area contributed by atoms with Crippen molar-refractivity contribution in [3.63, 3.8) is 0 Å². The highest BCUT2D eigenvalue weighted by molar-refractivity contribution is 7.91. The Labute approximate surface area is 198 Å². The van der Waals surface area contributed by atoms with Gasteiger partial charge in [0.2, 0.25) is 5.88 Å². The molecule has 4 heterocycles. The molecule has 0 aromatic carbocycles. The van der Waals surface area contributed by atoms with Gasteiger partial charge in [-0.3, -0.25) is 4.57 Å². The second kappa shape index (κ2) is 9.63. The molecule has 11 nitrogen and oxygen atoms in total. The van der Waals surface area contributed by atoms with Gasteiger partial charge in [0.05, 0.1) is 25.0 Å². The number of aromatic nitrogens is 6. The van der Waals surface area contributed by atoms with Crippen LogP contribution in [0.15, 0.2) is 24.5 Å². The molecule has 4 rings (SSSR count). The van der Waals surface area contributed by atoms with Crippen LogP contribution in [-0.4, -0.2) is 70.8 Å². The summed E-state index contributed by atoms with van der Waals surface area (Å²) in [5.41, 5.74) is 1.35. The van der Waals surface area contributed by atoms with Crippen molar-refractivity contribution < 1.29 is 22.6 Å². The summed E-state index contributed by atoms with van der Waals surface area (Å²) in [4.78, 5) is 13.1. The van der Waals surface area contributed by atoms with Crippen LogP contribution in [0, 0.1) is 6.92 Å². The molecule has 12 heteroatoms. The van der Waals surface area contributed by atoms with E-state index in [2.05, 4.69) is 25.1 Å².